The maximum absolute atomic E-state index is 9.47. The summed E-state index contributed by atoms with van der Waals surface area (Å²) in [5, 5.41) is 10.8. The highest BCUT2D eigenvalue weighted by Crippen LogP contribution is 2.32. The van der Waals surface area contributed by atoms with Crippen molar-refractivity contribution in [3.8, 4) is 0 Å². The summed E-state index contributed by atoms with van der Waals surface area (Å²) in [6, 6.07) is 0. The molecular formula is C10H23NO. The van der Waals surface area contributed by atoms with Gasteiger partial charge in [0.15, 0.2) is 0 Å². The number of hydrogen-bond acceptors (Lipinski definition) is 2. The lowest BCUT2D eigenvalue weighted by Crippen LogP contribution is -2.43. The molecule has 1 atom stereocenters. The van der Waals surface area contributed by atoms with Gasteiger partial charge in [0.1, 0.15) is 0 Å². The van der Waals surface area contributed by atoms with Gasteiger partial charge >= 0.3 is 0 Å². The van der Waals surface area contributed by atoms with Crippen LogP contribution in [0.3, 0.4) is 0 Å². The third-order valence-corrected chi connectivity index (χ3v) is 2.45. The summed E-state index contributed by atoms with van der Waals surface area (Å²) >= 11 is 0. The molecule has 74 valence electrons. The van der Waals surface area contributed by atoms with Crippen LogP contribution in [0.1, 0.15) is 47.5 Å². The minimum atomic E-state index is -0.0851. The van der Waals surface area contributed by atoms with E-state index in [-0.39, 0.29) is 11.0 Å². The van der Waals surface area contributed by atoms with Gasteiger partial charge in [0, 0.05) is 12.6 Å². The summed E-state index contributed by atoms with van der Waals surface area (Å²) in [6.45, 7) is 10.8. The van der Waals surface area contributed by atoms with Crippen LogP contribution in [-0.2, 0) is 0 Å². The molecule has 1 N–H and O–H groups in total. The Kier molecular flexibility index (Phi) is 3.73. The zero-order valence-corrected chi connectivity index (χ0v) is 9.31. The Morgan fingerprint density at radius 3 is 1.67 bits per heavy atom. The highest BCUT2D eigenvalue weighted by molar-refractivity contribution is 4.84. The van der Waals surface area contributed by atoms with Crippen LogP contribution < -0.4 is 0 Å². The first-order valence-electron chi connectivity index (χ1n) is 4.64. The number of rotatable bonds is 3. The third kappa shape index (κ3) is 3.55. The Morgan fingerprint density at radius 2 is 1.58 bits per heavy atom. The molecule has 2 heteroatoms. The molecule has 0 radical (unpaired) electrons. The molecule has 0 fully saturated rings. The fourth-order valence-corrected chi connectivity index (χ4v) is 1.61. The van der Waals surface area contributed by atoms with Gasteiger partial charge < -0.3 is 5.21 Å². The molecule has 0 spiro atoms. The van der Waals surface area contributed by atoms with Gasteiger partial charge in [-0.2, -0.15) is 5.06 Å². The normalized spacial score (nSPS) is 18.0. The van der Waals surface area contributed by atoms with E-state index in [0.29, 0.717) is 0 Å². The van der Waals surface area contributed by atoms with Crippen molar-refractivity contribution < 1.29 is 5.21 Å². The second-order valence-corrected chi connectivity index (χ2v) is 5.11. The molecule has 0 aliphatic carbocycles. The fourth-order valence-electron chi connectivity index (χ4n) is 1.61. The van der Waals surface area contributed by atoms with Crippen LogP contribution in [0.4, 0.5) is 0 Å². The van der Waals surface area contributed by atoms with Gasteiger partial charge in [-0.05, 0) is 25.2 Å². The van der Waals surface area contributed by atoms with Crippen LogP contribution in [0.5, 0.6) is 0 Å². The van der Waals surface area contributed by atoms with Gasteiger partial charge in [0.25, 0.3) is 0 Å². The predicted octanol–water partition coefficient (Wildman–Crippen LogP) is 2.91. The van der Waals surface area contributed by atoms with E-state index in [1.165, 1.54) is 5.06 Å². The highest BCUT2D eigenvalue weighted by atomic mass is 16.5. The Hall–Kier alpha value is -0.0800. The number of nitrogens with zero attached hydrogens (tertiary/aromatic N) is 1. The lowest BCUT2D eigenvalue weighted by Gasteiger charge is -2.38. The van der Waals surface area contributed by atoms with E-state index >= 15 is 0 Å². The molecule has 12 heavy (non-hydrogen) atoms. The monoisotopic (exact) mass is 173 g/mol. The zero-order chi connectivity index (χ0) is 9.99. The molecule has 0 bridgehead atoms. The molecule has 0 heterocycles. The lowest BCUT2D eigenvalue weighted by molar-refractivity contribution is -0.158. The molecule has 0 saturated carbocycles. The summed E-state index contributed by atoms with van der Waals surface area (Å²) < 4.78 is 0. The molecule has 0 aromatic rings. The van der Waals surface area contributed by atoms with Gasteiger partial charge in [-0.1, -0.05) is 27.7 Å². The van der Waals surface area contributed by atoms with Crippen molar-refractivity contribution >= 4 is 0 Å². The molecule has 0 aromatic heterocycles. The fraction of sp³-hybridized carbons (Fsp3) is 1.00. The molecule has 0 aliphatic heterocycles. The maximum Gasteiger partial charge on any atom is 0.0431 e. The van der Waals surface area contributed by atoms with Gasteiger partial charge in [-0.25, -0.2) is 0 Å². The minimum absolute atomic E-state index is 0.0851. The van der Waals surface area contributed by atoms with Gasteiger partial charge in [0.2, 0.25) is 0 Å². The first-order chi connectivity index (χ1) is 5.21. The van der Waals surface area contributed by atoms with Crippen LogP contribution in [0.15, 0.2) is 0 Å². The SMILES string of the molecule is CCC(C)(CC(C)(C)C)N(C)O. The zero-order valence-electron chi connectivity index (χ0n) is 9.31. The summed E-state index contributed by atoms with van der Waals surface area (Å²) in [5.74, 6) is 0. The van der Waals surface area contributed by atoms with E-state index in [9.17, 15) is 5.21 Å². The highest BCUT2D eigenvalue weighted by Gasteiger charge is 2.31. The maximum atomic E-state index is 9.47. The van der Waals surface area contributed by atoms with E-state index < -0.39 is 0 Å². The molecule has 0 aromatic carbocycles. The predicted molar refractivity (Wildman–Crippen MR) is 52.3 cm³/mol. The molecular weight excluding hydrogens is 150 g/mol. The van der Waals surface area contributed by atoms with Crippen LogP contribution in [-0.4, -0.2) is 22.9 Å². The summed E-state index contributed by atoms with van der Waals surface area (Å²) in [4.78, 5) is 0. The van der Waals surface area contributed by atoms with Crippen molar-refractivity contribution in [2.24, 2.45) is 5.41 Å². The second kappa shape index (κ2) is 3.75. The topological polar surface area (TPSA) is 23.5 Å². The third-order valence-electron chi connectivity index (χ3n) is 2.45. The van der Waals surface area contributed by atoms with Gasteiger partial charge in [0.05, 0.1) is 0 Å². The van der Waals surface area contributed by atoms with E-state index in [4.69, 9.17) is 0 Å². The molecule has 2 nitrogen and oxygen atoms in total. The first kappa shape index (κ1) is 11.9. The summed E-state index contributed by atoms with van der Waals surface area (Å²) in [6.07, 6.45) is 1.97. The molecule has 0 rings (SSSR count). The Balaban J connectivity index is 4.35. The number of hydrogen-bond donors (Lipinski definition) is 1. The van der Waals surface area contributed by atoms with Crippen molar-refractivity contribution in [2.45, 2.75) is 53.0 Å². The first-order valence-corrected chi connectivity index (χ1v) is 4.64. The average molecular weight is 173 g/mol. The minimum Gasteiger partial charge on any atom is -0.314 e. The van der Waals surface area contributed by atoms with Gasteiger partial charge in [-0.15, -0.1) is 0 Å². The molecule has 1 unspecified atom stereocenters. The lowest BCUT2D eigenvalue weighted by atomic mass is 9.79. The standard InChI is InChI=1S/C10H23NO/c1-7-10(5,11(6)12)8-9(2,3)4/h12H,7-8H2,1-6H3. The summed E-state index contributed by atoms with van der Waals surface area (Å²) in [7, 11) is 1.73. The summed E-state index contributed by atoms with van der Waals surface area (Å²) in [5.41, 5.74) is 0.181. The average Bonchev–Trinajstić information content (AvgIpc) is 1.83. The Labute approximate surface area is 76.5 Å². The van der Waals surface area contributed by atoms with E-state index in [2.05, 4.69) is 34.6 Å². The molecule has 0 aliphatic rings. The van der Waals surface area contributed by atoms with E-state index in [0.717, 1.165) is 12.8 Å². The van der Waals surface area contributed by atoms with Crippen LogP contribution in [0.2, 0.25) is 0 Å². The smallest absolute Gasteiger partial charge is 0.0431 e. The molecule has 0 saturated heterocycles. The van der Waals surface area contributed by atoms with Crippen molar-refractivity contribution in [2.75, 3.05) is 7.05 Å². The quantitative estimate of drug-likeness (QED) is 0.663. The second-order valence-electron chi connectivity index (χ2n) is 5.11. The Bertz CT molecular complexity index is 137. The van der Waals surface area contributed by atoms with Crippen LogP contribution in [0, 0.1) is 5.41 Å². The van der Waals surface area contributed by atoms with Crippen molar-refractivity contribution in [1.29, 1.82) is 0 Å². The van der Waals surface area contributed by atoms with Crippen molar-refractivity contribution in [3.63, 3.8) is 0 Å². The Morgan fingerprint density at radius 1 is 1.17 bits per heavy atom. The molecule has 0 amide bonds. The van der Waals surface area contributed by atoms with Crippen LogP contribution in [0.25, 0.3) is 0 Å². The van der Waals surface area contributed by atoms with Crippen molar-refractivity contribution in [1.82, 2.24) is 5.06 Å². The number of hydroxylamine groups is 2. The van der Waals surface area contributed by atoms with Gasteiger partial charge in [-0.3, -0.25) is 0 Å². The van der Waals surface area contributed by atoms with E-state index in [1.54, 1.807) is 7.05 Å². The van der Waals surface area contributed by atoms with E-state index in [1.807, 2.05) is 0 Å². The largest absolute Gasteiger partial charge is 0.314 e. The van der Waals surface area contributed by atoms with Crippen LogP contribution >= 0.6 is 0 Å². The van der Waals surface area contributed by atoms with Crippen molar-refractivity contribution in [3.05, 3.63) is 0 Å².